The lowest BCUT2D eigenvalue weighted by molar-refractivity contribution is 0.276. The lowest BCUT2D eigenvalue weighted by Crippen LogP contribution is -2.27. The van der Waals surface area contributed by atoms with E-state index in [0.717, 1.165) is 12.4 Å². The molecule has 0 bridgehead atoms. The molecule has 1 aliphatic rings. The standard InChI is InChI=1S/C10H15N3O/c1-8-3-2-4-13(8)10-6-11-9(7-14)5-12-10/h5-6,8,14H,2-4,7H2,1H3. The molecule has 4 heteroatoms. The maximum atomic E-state index is 8.83. The van der Waals surface area contributed by atoms with Crippen LogP contribution in [-0.2, 0) is 6.61 Å². The van der Waals surface area contributed by atoms with E-state index in [4.69, 9.17) is 5.11 Å². The van der Waals surface area contributed by atoms with E-state index in [1.54, 1.807) is 12.4 Å². The van der Waals surface area contributed by atoms with Crippen LogP contribution in [0.3, 0.4) is 0 Å². The molecule has 1 unspecified atom stereocenters. The van der Waals surface area contributed by atoms with Crippen molar-refractivity contribution in [2.24, 2.45) is 0 Å². The van der Waals surface area contributed by atoms with Crippen molar-refractivity contribution in [2.75, 3.05) is 11.4 Å². The van der Waals surface area contributed by atoms with E-state index in [0.29, 0.717) is 11.7 Å². The molecule has 4 nitrogen and oxygen atoms in total. The minimum atomic E-state index is -0.0389. The van der Waals surface area contributed by atoms with E-state index in [1.165, 1.54) is 12.8 Å². The summed E-state index contributed by atoms with van der Waals surface area (Å²) < 4.78 is 0. The van der Waals surface area contributed by atoms with Gasteiger partial charge in [0.05, 0.1) is 24.7 Å². The van der Waals surface area contributed by atoms with Gasteiger partial charge in [-0.2, -0.15) is 0 Å². The van der Waals surface area contributed by atoms with E-state index in [2.05, 4.69) is 21.8 Å². The number of aromatic nitrogens is 2. The van der Waals surface area contributed by atoms with Gasteiger partial charge in [-0.3, -0.25) is 4.98 Å². The van der Waals surface area contributed by atoms with Gasteiger partial charge in [0.15, 0.2) is 0 Å². The monoisotopic (exact) mass is 193 g/mol. The second kappa shape index (κ2) is 3.92. The molecule has 14 heavy (non-hydrogen) atoms. The molecule has 1 aromatic heterocycles. The highest BCUT2D eigenvalue weighted by Crippen LogP contribution is 2.22. The fourth-order valence-electron chi connectivity index (χ4n) is 1.85. The van der Waals surface area contributed by atoms with Gasteiger partial charge in [-0.05, 0) is 19.8 Å². The Morgan fingerprint density at radius 3 is 2.86 bits per heavy atom. The van der Waals surface area contributed by atoms with Gasteiger partial charge in [0.1, 0.15) is 5.82 Å². The first-order valence-electron chi connectivity index (χ1n) is 4.99. The van der Waals surface area contributed by atoms with Crippen LogP contribution in [0.15, 0.2) is 12.4 Å². The molecule has 2 heterocycles. The van der Waals surface area contributed by atoms with Gasteiger partial charge in [-0.15, -0.1) is 0 Å². The minimum absolute atomic E-state index is 0.0389. The Morgan fingerprint density at radius 2 is 2.36 bits per heavy atom. The maximum absolute atomic E-state index is 8.83. The average Bonchev–Trinajstić information content (AvgIpc) is 2.65. The lowest BCUT2D eigenvalue weighted by atomic mass is 10.2. The molecule has 1 aromatic rings. The summed E-state index contributed by atoms with van der Waals surface area (Å²) in [6, 6.07) is 0.560. The van der Waals surface area contributed by atoms with Gasteiger partial charge in [-0.1, -0.05) is 0 Å². The Hall–Kier alpha value is -1.16. The molecule has 1 saturated heterocycles. The molecule has 0 aliphatic carbocycles. The summed E-state index contributed by atoms with van der Waals surface area (Å²) in [5.41, 5.74) is 0.626. The molecule has 0 aromatic carbocycles. The number of hydrogen-bond acceptors (Lipinski definition) is 4. The van der Waals surface area contributed by atoms with Crippen LogP contribution in [0, 0.1) is 0 Å². The van der Waals surface area contributed by atoms with Crippen molar-refractivity contribution < 1.29 is 5.11 Å². The van der Waals surface area contributed by atoms with Crippen molar-refractivity contribution >= 4 is 5.82 Å². The number of aliphatic hydroxyl groups is 1. The van der Waals surface area contributed by atoms with E-state index in [9.17, 15) is 0 Å². The van der Waals surface area contributed by atoms with E-state index in [-0.39, 0.29) is 6.61 Å². The number of rotatable bonds is 2. The van der Waals surface area contributed by atoms with Crippen molar-refractivity contribution in [3.8, 4) is 0 Å². The second-order valence-electron chi connectivity index (χ2n) is 3.71. The zero-order valence-corrected chi connectivity index (χ0v) is 8.35. The molecule has 0 amide bonds. The Labute approximate surface area is 83.6 Å². The molecule has 1 fully saturated rings. The van der Waals surface area contributed by atoms with Crippen LogP contribution in [0.2, 0.25) is 0 Å². The molecule has 0 saturated carbocycles. The number of aliphatic hydroxyl groups excluding tert-OH is 1. The zero-order chi connectivity index (χ0) is 9.97. The third kappa shape index (κ3) is 1.70. The summed E-state index contributed by atoms with van der Waals surface area (Å²) >= 11 is 0. The van der Waals surface area contributed by atoms with Crippen LogP contribution in [0.1, 0.15) is 25.5 Å². The van der Waals surface area contributed by atoms with Gasteiger partial charge in [-0.25, -0.2) is 4.98 Å². The molecular formula is C10H15N3O. The minimum Gasteiger partial charge on any atom is -0.390 e. The first-order valence-corrected chi connectivity index (χ1v) is 4.99. The van der Waals surface area contributed by atoms with Crippen LogP contribution in [0.4, 0.5) is 5.82 Å². The third-order valence-electron chi connectivity index (χ3n) is 2.70. The van der Waals surface area contributed by atoms with Crippen LogP contribution in [0.25, 0.3) is 0 Å². The summed E-state index contributed by atoms with van der Waals surface area (Å²) in [7, 11) is 0. The number of anilines is 1. The van der Waals surface area contributed by atoms with Gasteiger partial charge in [0, 0.05) is 12.6 Å². The first-order chi connectivity index (χ1) is 6.81. The number of hydrogen-bond donors (Lipinski definition) is 1. The van der Waals surface area contributed by atoms with E-state index < -0.39 is 0 Å². The van der Waals surface area contributed by atoms with Crippen LogP contribution >= 0.6 is 0 Å². The Kier molecular flexibility index (Phi) is 2.63. The lowest BCUT2D eigenvalue weighted by Gasteiger charge is -2.21. The first kappa shape index (κ1) is 9.40. The highest BCUT2D eigenvalue weighted by Gasteiger charge is 2.21. The van der Waals surface area contributed by atoms with Crippen molar-refractivity contribution in [3.05, 3.63) is 18.1 Å². The smallest absolute Gasteiger partial charge is 0.147 e. The van der Waals surface area contributed by atoms with Crippen LogP contribution < -0.4 is 4.90 Å². The van der Waals surface area contributed by atoms with Gasteiger partial charge in [0.25, 0.3) is 0 Å². The van der Waals surface area contributed by atoms with Crippen molar-refractivity contribution in [3.63, 3.8) is 0 Å². The van der Waals surface area contributed by atoms with Crippen molar-refractivity contribution in [1.82, 2.24) is 9.97 Å². The Bertz CT molecular complexity index is 299. The predicted molar refractivity (Wildman–Crippen MR) is 54.0 cm³/mol. The summed E-state index contributed by atoms with van der Waals surface area (Å²) in [4.78, 5) is 10.7. The van der Waals surface area contributed by atoms with Crippen molar-refractivity contribution in [2.45, 2.75) is 32.4 Å². The molecular weight excluding hydrogens is 178 g/mol. The highest BCUT2D eigenvalue weighted by molar-refractivity contribution is 5.38. The molecule has 1 aliphatic heterocycles. The topological polar surface area (TPSA) is 49.2 Å². The van der Waals surface area contributed by atoms with Gasteiger partial charge < -0.3 is 10.0 Å². The Balaban J connectivity index is 2.16. The fraction of sp³-hybridized carbons (Fsp3) is 0.600. The number of nitrogens with zero attached hydrogens (tertiary/aromatic N) is 3. The third-order valence-corrected chi connectivity index (χ3v) is 2.70. The van der Waals surface area contributed by atoms with Crippen LogP contribution in [-0.4, -0.2) is 27.7 Å². The highest BCUT2D eigenvalue weighted by atomic mass is 16.3. The quantitative estimate of drug-likeness (QED) is 0.760. The largest absolute Gasteiger partial charge is 0.390 e. The van der Waals surface area contributed by atoms with E-state index >= 15 is 0 Å². The predicted octanol–water partition coefficient (Wildman–Crippen LogP) is 0.958. The molecule has 76 valence electrons. The second-order valence-corrected chi connectivity index (χ2v) is 3.71. The van der Waals surface area contributed by atoms with Crippen LogP contribution in [0.5, 0.6) is 0 Å². The molecule has 0 spiro atoms. The normalized spacial score (nSPS) is 21.6. The van der Waals surface area contributed by atoms with Gasteiger partial charge in [0.2, 0.25) is 0 Å². The fourth-order valence-corrected chi connectivity index (χ4v) is 1.85. The van der Waals surface area contributed by atoms with Gasteiger partial charge >= 0.3 is 0 Å². The summed E-state index contributed by atoms with van der Waals surface area (Å²) in [5, 5.41) is 8.83. The maximum Gasteiger partial charge on any atom is 0.147 e. The SMILES string of the molecule is CC1CCCN1c1cnc(CO)cn1. The average molecular weight is 193 g/mol. The zero-order valence-electron chi connectivity index (χ0n) is 8.35. The molecule has 2 rings (SSSR count). The summed E-state index contributed by atoms with van der Waals surface area (Å²) in [6.07, 6.45) is 5.84. The van der Waals surface area contributed by atoms with E-state index in [1.807, 2.05) is 0 Å². The molecule has 1 atom stereocenters. The van der Waals surface area contributed by atoms with Crippen molar-refractivity contribution in [1.29, 1.82) is 0 Å². The Morgan fingerprint density at radius 1 is 1.50 bits per heavy atom. The summed E-state index contributed by atoms with van der Waals surface area (Å²) in [6.45, 7) is 3.23. The molecule has 0 radical (unpaired) electrons. The molecule has 1 N–H and O–H groups in total. The summed E-state index contributed by atoms with van der Waals surface area (Å²) in [5.74, 6) is 0.923.